The smallest absolute Gasteiger partial charge is 0.153 e. The van der Waals surface area contributed by atoms with Gasteiger partial charge in [-0.05, 0) is 67.6 Å². The average molecular weight is 589 g/mol. The van der Waals surface area contributed by atoms with Crippen molar-refractivity contribution in [2.45, 2.75) is 25.8 Å². The normalized spacial score (nSPS) is 18.6. The number of rotatable bonds is 5. The summed E-state index contributed by atoms with van der Waals surface area (Å²) in [6.45, 7) is 4.25. The van der Waals surface area contributed by atoms with Crippen molar-refractivity contribution in [3.63, 3.8) is 0 Å². The molecule has 5 aromatic rings. The number of sulfone groups is 1. The molecule has 1 atom stereocenters. The summed E-state index contributed by atoms with van der Waals surface area (Å²) in [6.07, 6.45) is 3.65. The monoisotopic (exact) mass is 588 g/mol. The summed E-state index contributed by atoms with van der Waals surface area (Å²) < 4.78 is 48.2. The number of hydrogen-bond donors (Lipinski definition) is 0. The molecule has 2 aliphatic rings. The summed E-state index contributed by atoms with van der Waals surface area (Å²) in [5.74, 6) is 0.327. The van der Waals surface area contributed by atoms with Crippen molar-refractivity contribution >= 4 is 37.5 Å². The van der Waals surface area contributed by atoms with E-state index in [1.54, 1.807) is 4.68 Å². The van der Waals surface area contributed by atoms with E-state index in [2.05, 4.69) is 44.0 Å². The van der Waals surface area contributed by atoms with E-state index in [4.69, 9.17) is 9.72 Å². The summed E-state index contributed by atoms with van der Waals surface area (Å²) in [5, 5.41) is 9.47. The zero-order valence-electron chi connectivity index (χ0n) is 23.7. The first-order chi connectivity index (χ1) is 20.3. The lowest BCUT2D eigenvalue weighted by atomic mass is 9.86. The Labute approximate surface area is 243 Å². The molecule has 0 amide bonds. The van der Waals surface area contributed by atoms with Gasteiger partial charge in [-0.25, -0.2) is 17.5 Å². The van der Waals surface area contributed by atoms with E-state index in [-0.39, 0.29) is 29.3 Å². The summed E-state index contributed by atoms with van der Waals surface area (Å²) in [7, 11) is -1.12. The van der Waals surface area contributed by atoms with Crippen LogP contribution in [0.15, 0.2) is 54.7 Å². The van der Waals surface area contributed by atoms with E-state index in [9.17, 15) is 12.8 Å². The van der Waals surface area contributed by atoms with Crippen molar-refractivity contribution in [1.29, 1.82) is 0 Å². The van der Waals surface area contributed by atoms with Crippen molar-refractivity contribution in [1.82, 2.24) is 24.5 Å². The Bertz CT molecular complexity index is 1860. The van der Waals surface area contributed by atoms with Gasteiger partial charge in [0.25, 0.3) is 0 Å². The average Bonchev–Trinajstić information content (AvgIpc) is 3.50. The number of hydrogen-bond acceptors (Lipinski definition) is 7. The van der Waals surface area contributed by atoms with Crippen LogP contribution in [0.1, 0.15) is 30.1 Å². The second-order valence-electron chi connectivity index (χ2n) is 11.4. The van der Waals surface area contributed by atoms with Crippen LogP contribution in [0, 0.1) is 18.7 Å². The zero-order valence-corrected chi connectivity index (χ0v) is 24.5. The molecule has 0 spiro atoms. The first kappa shape index (κ1) is 27.0. The van der Waals surface area contributed by atoms with Crippen LogP contribution in [-0.2, 0) is 21.6 Å². The van der Waals surface area contributed by atoms with E-state index in [0.29, 0.717) is 26.3 Å². The predicted molar refractivity (Wildman–Crippen MR) is 161 cm³/mol. The number of ether oxygens (including phenoxy) is 1. The first-order valence-electron chi connectivity index (χ1n) is 14.4. The molecule has 42 heavy (non-hydrogen) atoms. The van der Waals surface area contributed by atoms with Gasteiger partial charge in [0, 0.05) is 56.2 Å². The van der Waals surface area contributed by atoms with Crippen LogP contribution in [-0.4, -0.2) is 70.8 Å². The standard InChI is InChI=1S/C31H33FN6O3S/c1-20-30(36(2)35-34-20)23-17-28-29(33-19-23)26-18-25(37-11-15-42(39,40)16-12-37)7-8-27(26)38(28)31(22-9-13-41-14-10-22)21-3-5-24(32)6-4-21/h3-8,17-19,22,31H,9-16H2,1-2H3/t31-/m1/s1. The van der Waals surface area contributed by atoms with Gasteiger partial charge in [-0.3, -0.25) is 4.98 Å². The third-order valence-electron chi connectivity index (χ3n) is 8.80. The number of halogens is 1. The Kier molecular flexibility index (Phi) is 6.73. The quantitative estimate of drug-likeness (QED) is 0.294. The van der Waals surface area contributed by atoms with Crippen molar-refractivity contribution < 1.29 is 17.5 Å². The lowest BCUT2D eigenvalue weighted by Crippen LogP contribution is -2.40. The lowest BCUT2D eigenvalue weighted by molar-refractivity contribution is 0.0552. The molecule has 218 valence electrons. The molecule has 0 N–H and O–H groups in total. The van der Waals surface area contributed by atoms with Gasteiger partial charge >= 0.3 is 0 Å². The second kappa shape index (κ2) is 10.5. The molecule has 2 aromatic carbocycles. The van der Waals surface area contributed by atoms with Gasteiger partial charge in [-0.1, -0.05) is 17.3 Å². The topological polar surface area (TPSA) is 95.1 Å². The predicted octanol–water partition coefficient (Wildman–Crippen LogP) is 4.68. The van der Waals surface area contributed by atoms with Gasteiger partial charge in [-0.2, -0.15) is 0 Å². The molecule has 0 unspecified atom stereocenters. The second-order valence-corrected chi connectivity index (χ2v) is 13.7. The third-order valence-corrected chi connectivity index (χ3v) is 10.4. The molecule has 0 radical (unpaired) electrons. The lowest BCUT2D eigenvalue weighted by Gasteiger charge is -2.33. The van der Waals surface area contributed by atoms with E-state index >= 15 is 0 Å². The number of fused-ring (bicyclic) bond motifs is 3. The van der Waals surface area contributed by atoms with Gasteiger partial charge in [0.15, 0.2) is 9.84 Å². The Hall–Kier alpha value is -3.83. The Morgan fingerprint density at radius 2 is 1.74 bits per heavy atom. The van der Waals surface area contributed by atoms with Gasteiger partial charge < -0.3 is 14.2 Å². The highest BCUT2D eigenvalue weighted by atomic mass is 32.2. The van der Waals surface area contributed by atoms with Crippen LogP contribution in [0.2, 0.25) is 0 Å². The van der Waals surface area contributed by atoms with Crippen LogP contribution >= 0.6 is 0 Å². The largest absolute Gasteiger partial charge is 0.381 e. The Morgan fingerprint density at radius 3 is 2.43 bits per heavy atom. The Morgan fingerprint density at radius 1 is 1.00 bits per heavy atom. The number of aromatic nitrogens is 5. The molecule has 5 heterocycles. The molecule has 2 saturated heterocycles. The van der Waals surface area contributed by atoms with Crippen LogP contribution in [0.3, 0.4) is 0 Å². The minimum atomic E-state index is -2.99. The maximum absolute atomic E-state index is 14.1. The van der Waals surface area contributed by atoms with Gasteiger partial charge in [-0.15, -0.1) is 5.10 Å². The number of benzene rings is 2. The fraction of sp³-hybridized carbons (Fsp3) is 0.387. The highest BCUT2D eigenvalue weighted by Crippen LogP contribution is 2.42. The van der Waals surface area contributed by atoms with Crippen molar-refractivity contribution in [3.05, 3.63) is 71.8 Å². The fourth-order valence-corrected chi connectivity index (χ4v) is 7.88. The van der Waals surface area contributed by atoms with E-state index in [0.717, 1.165) is 63.0 Å². The van der Waals surface area contributed by atoms with Crippen LogP contribution in [0.25, 0.3) is 33.2 Å². The first-order valence-corrected chi connectivity index (χ1v) is 16.2. The maximum atomic E-state index is 14.1. The van der Waals surface area contributed by atoms with Crippen LogP contribution in [0.5, 0.6) is 0 Å². The SMILES string of the molecule is Cc1nnn(C)c1-c1cnc2c3cc(N4CCS(=O)(=O)CC4)ccc3n([C@H](c3ccc(F)cc3)C3CCOCC3)c2c1. The van der Waals surface area contributed by atoms with Crippen molar-refractivity contribution in [2.24, 2.45) is 13.0 Å². The highest BCUT2D eigenvalue weighted by Gasteiger charge is 2.31. The molecule has 2 fully saturated rings. The molecule has 0 saturated carbocycles. The molecule has 0 bridgehead atoms. The van der Waals surface area contributed by atoms with Crippen molar-refractivity contribution in [2.75, 3.05) is 42.7 Å². The van der Waals surface area contributed by atoms with Crippen LogP contribution < -0.4 is 4.90 Å². The summed E-state index contributed by atoms with van der Waals surface area (Å²) in [4.78, 5) is 7.16. The van der Waals surface area contributed by atoms with Gasteiger partial charge in [0.05, 0.1) is 45.5 Å². The summed E-state index contributed by atoms with van der Waals surface area (Å²) in [6, 6.07) is 15.3. The third kappa shape index (κ3) is 4.74. The number of pyridine rings is 1. The molecule has 3 aromatic heterocycles. The maximum Gasteiger partial charge on any atom is 0.153 e. The van der Waals surface area contributed by atoms with Crippen molar-refractivity contribution in [3.8, 4) is 11.3 Å². The fourth-order valence-electron chi connectivity index (χ4n) is 6.67. The molecule has 0 aliphatic carbocycles. The Balaban J connectivity index is 1.47. The summed E-state index contributed by atoms with van der Waals surface area (Å²) in [5.41, 5.74) is 7.54. The number of anilines is 1. The van der Waals surface area contributed by atoms with Gasteiger partial charge in [0.1, 0.15) is 5.82 Å². The summed E-state index contributed by atoms with van der Waals surface area (Å²) >= 11 is 0. The molecule has 9 nitrogen and oxygen atoms in total. The minimum absolute atomic E-state index is 0.0664. The van der Waals surface area contributed by atoms with E-state index < -0.39 is 9.84 Å². The minimum Gasteiger partial charge on any atom is -0.381 e. The van der Waals surface area contributed by atoms with Gasteiger partial charge in [0.2, 0.25) is 0 Å². The number of nitrogens with zero attached hydrogens (tertiary/aromatic N) is 6. The highest BCUT2D eigenvalue weighted by molar-refractivity contribution is 7.91. The molecular formula is C31H33FN6O3S. The molecular weight excluding hydrogens is 555 g/mol. The zero-order chi connectivity index (χ0) is 29.0. The van der Waals surface area contributed by atoms with Crippen LogP contribution in [0.4, 0.5) is 10.1 Å². The van der Waals surface area contributed by atoms with E-state index in [1.807, 2.05) is 32.3 Å². The molecule has 7 rings (SSSR count). The molecule has 11 heteroatoms. The number of aryl methyl sites for hydroxylation is 2. The molecule has 2 aliphatic heterocycles. The van der Waals surface area contributed by atoms with E-state index in [1.165, 1.54) is 12.1 Å².